The van der Waals surface area contributed by atoms with Crippen LogP contribution in [-0.2, 0) is 26.3 Å². The van der Waals surface area contributed by atoms with Crippen molar-refractivity contribution in [3.63, 3.8) is 0 Å². The summed E-state index contributed by atoms with van der Waals surface area (Å²) < 4.78 is 13.5. The number of carbonyl (C=O) groups is 3. The molecule has 0 radical (unpaired) electrons. The van der Waals surface area contributed by atoms with Crippen molar-refractivity contribution in [1.82, 2.24) is 14.8 Å². The summed E-state index contributed by atoms with van der Waals surface area (Å²) in [6.07, 6.45) is 4.72. The first kappa shape index (κ1) is 23.9. The van der Waals surface area contributed by atoms with E-state index in [0.29, 0.717) is 12.1 Å². The smallest absolute Gasteiger partial charge is 0.241 e. The highest BCUT2D eigenvalue weighted by molar-refractivity contribution is 6.10. The first-order valence-corrected chi connectivity index (χ1v) is 12.2. The predicted molar refractivity (Wildman–Crippen MR) is 132 cm³/mol. The standard InChI is InChI=1S/C29H28FN3O3/c1-20-6-2-3-8-24(20)29(17-27(35)33(28(29)36)19-21-7-4-14-31-18-21)16-26(34)32-15-5-9-25(32)22-10-12-23(30)13-11-22/h2-4,6-8,10-14,18,25H,5,9,15-17,19H2,1H3. The summed E-state index contributed by atoms with van der Waals surface area (Å²) in [6, 6.07) is 17.1. The zero-order valence-corrected chi connectivity index (χ0v) is 20.2. The van der Waals surface area contributed by atoms with Gasteiger partial charge in [0.05, 0.1) is 18.0 Å². The lowest BCUT2D eigenvalue weighted by atomic mass is 9.73. The van der Waals surface area contributed by atoms with Crippen LogP contribution < -0.4 is 0 Å². The van der Waals surface area contributed by atoms with Gasteiger partial charge in [0.25, 0.3) is 0 Å². The van der Waals surface area contributed by atoms with Gasteiger partial charge in [-0.15, -0.1) is 0 Å². The van der Waals surface area contributed by atoms with Gasteiger partial charge in [-0.1, -0.05) is 42.5 Å². The monoisotopic (exact) mass is 485 g/mol. The molecular weight excluding hydrogens is 457 g/mol. The molecule has 2 saturated heterocycles. The number of nitrogens with zero attached hydrogens (tertiary/aromatic N) is 3. The molecule has 36 heavy (non-hydrogen) atoms. The van der Waals surface area contributed by atoms with Crippen LogP contribution >= 0.6 is 0 Å². The second-order valence-electron chi connectivity index (χ2n) is 9.69. The van der Waals surface area contributed by atoms with Crippen LogP contribution in [0.3, 0.4) is 0 Å². The highest BCUT2D eigenvalue weighted by Gasteiger charge is 2.55. The summed E-state index contributed by atoms with van der Waals surface area (Å²) in [6.45, 7) is 2.59. The largest absolute Gasteiger partial charge is 0.336 e. The van der Waals surface area contributed by atoms with Gasteiger partial charge in [-0.05, 0) is 60.2 Å². The number of amides is 3. The first-order valence-electron chi connectivity index (χ1n) is 12.2. The molecular formula is C29H28FN3O3. The van der Waals surface area contributed by atoms with Gasteiger partial charge < -0.3 is 4.90 Å². The molecule has 2 aliphatic rings. The molecule has 6 nitrogen and oxygen atoms in total. The van der Waals surface area contributed by atoms with Crippen LogP contribution in [0.4, 0.5) is 4.39 Å². The molecule has 0 N–H and O–H groups in total. The topological polar surface area (TPSA) is 70.6 Å². The van der Waals surface area contributed by atoms with E-state index in [1.807, 2.05) is 37.3 Å². The summed E-state index contributed by atoms with van der Waals surface area (Å²) in [5.74, 6) is -1.14. The van der Waals surface area contributed by atoms with Crippen LogP contribution in [-0.4, -0.2) is 39.1 Å². The maximum absolute atomic E-state index is 14.0. The van der Waals surface area contributed by atoms with Gasteiger partial charge in [-0.3, -0.25) is 24.3 Å². The fourth-order valence-electron chi connectivity index (χ4n) is 5.65. The van der Waals surface area contributed by atoms with Gasteiger partial charge in [-0.2, -0.15) is 0 Å². The Morgan fingerprint density at radius 3 is 2.58 bits per heavy atom. The fourth-order valence-corrected chi connectivity index (χ4v) is 5.65. The van der Waals surface area contributed by atoms with Gasteiger partial charge in [0.2, 0.25) is 17.7 Å². The molecule has 2 fully saturated rings. The molecule has 0 saturated carbocycles. The lowest BCUT2D eigenvalue weighted by Crippen LogP contribution is -2.43. The molecule has 5 rings (SSSR count). The third kappa shape index (κ3) is 4.30. The molecule has 3 aromatic rings. The first-order chi connectivity index (χ1) is 17.4. The van der Waals surface area contributed by atoms with E-state index >= 15 is 0 Å². The number of carbonyl (C=O) groups excluding carboxylic acids is 3. The van der Waals surface area contributed by atoms with Crippen LogP contribution in [0.5, 0.6) is 0 Å². The Bertz CT molecular complexity index is 1290. The maximum Gasteiger partial charge on any atom is 0.241 e. The SMILES string of the molecule is Cc1ccccc1C1(CC(=O)N2CCCC2c2ccc(F)cc2)CC(=O)N(Cc2cccnc2)C1=O. The molecule has 2 aromatic carbocycles. The molecule has 0 aliphatic carbocycles. The van der Waals surface area contributed by atoms with Crippen molar-refractivity contribution in [2.75, 3.05) is 6.54 Å². The zero-order chi connectivity index (χ0) is 25.3. The van der Waals surface area contributed by atoms with E-state index in [1.165, 1.54) is 17.0 Å². The lowest BCUT2D eigenvalue weighted by molar-refractivity contribution is -0.143. The van der Waals surface area contributed by atoms with Crippen molar-refractivity contribution in [3.05, 3.63) is 101 Å². The normalized spacial score (nSPS) is 21.9. The van der Waals surface area contributed by atoms with Crippen LogP contribution in [0, 0.1) is 12.7 Å². The van der Waals surface area contributed by atoms with E-state index in [2.05, 4.69) is 4.98 Å². The molecule has 1 aromatic heterocycles. The van der Waals surface area contributed by atoms with Gasteiger partial charge >= 0.3 is 0 Å². The number of aryl methyl sites for hydroxylation is 1. The minimum atomic E-state index is -1.27. The summed E-state index contributed by atoms with van der Waals surface area (Å²) in [7, 11) is 0. The predicted octanol–water partition coefficient (Wildman–Crippen LogP) is 4.48. The van der Waals surface area contributed by atoms with Crippen molar-refractivity contribution in [1.29, 1.82) is 0 Å². The molecule has 0 bridgehead atoms. The van der Waals surface area contributed by atoms with E-state index in [-0.39, 0.29) is 49.0 Å². The van der Waals surface area contributed by atoms with Gasteiger partial charge in [0.15, 0.2) is 0 Å². The quantitative estimate of drug-likeness (QED) is 0.483. The maximum atomic E-state index is 14.0. The highest BCUT2D eigenvalue weighted by Crippen LogP contribution is 2.43. The number of hydrogen-bond acceptors (Lipinski definition) is 4. The second-order valence-corrected chi connectivity index (χ2v) is 9.69. The number of benzene rings is 2. The molecule has 2 unspecified atom stereocenters. The van der Waals surface area contributed by atoms with Gasteiger partial charge in [0, 0.05) is 31.8 Å². The summed E-state index contributed by atoms with van der Waals surface area (Å²) in [5.41, 5.74) is 1.94. The number of pyridine rings is 1. The summed E-state index contributed by atoms with van der Waals surface area (Å²) in [5, 5.41) is 0. The Morgan fingerprint density at radius 2 is 1.86 bits per heavy atom. The van der Waals surface area contributed by atoms with Crippen LogP contribution in [0.1, 0.15) is 54.0 Å². The molecule has 3 heterocycles. The minimum absolute atomic E-state index is 0.0578. The molecule has 3 amide bonds. The minimum Gasteiger partial charge on any atom is -0.336 e. The van der Waals surface area contributed by atoms with Crippen LogP contribution in [0.2, 0.25) is 0 Å². The fraction of sp³-hybridized carbons (Fsp3) is 0.310. The summed E-state index contributed by atoms with van der Waals surface area (Å²) >= 11 is 0. The van der Waals surface area contributed by atoms with Crippen molar-refractivity contribution < 1.29 is 18.8 Å². The highest BCUT2D eigenvalue weighted by atomic mass is 19.1. The Hall–Kier alpha value is -3.87. The van der Waals surface area contributed by atoms with Crippen LogP contribution in [0.25, 0.3) is 0 Å². The Labute approximate surface area is 209 Å². The van der Waals surface area contributed by atoms with Crippen LogP contribution in [0.15, 0.2) is 73.1 Å². The average molecular weight is 486 g/mol. The summed E-state index contributed by atoms with van der Waals surface area (Å²) in [4.78, 5) is 48.2. The molecule has 7 heteroatoms. The second kappa shape index (κ2) is 9.64. The van der Waals surface area contributed by atoms with Crippen molar-refractivity contribution in [2.45, 2.75) is 50.6 Å². The Balaban J connectivity index is 1.48. The van der Waals surface area contributed by atoms with Crippen molar-refractivity contribution in [2.24, 2.45) is 0 Å². The van der Waals surface area contributed by atoms with Gasteiger partial charge in [0.1, 0.15) is 5.82 Å². The number of imide groups is 1. The zero-order valence-electron chi connectivity index (χ0n) is 20.2. The average Bonchev–Trinajstić information content (AvgIpc) is 3.45. The third-order valence-corrected chi connectivity index (χ3v) is 7.41. The van der Waals surface area contributed by atoms with E-state index in [0.717, 1.165) is 29.5 Å². The molecule has 2 aliphatic heterocycles. The molecule has 2 atom stereocenters. The number of rotatable bonds is 6. The Kier molecular flexibility index (Phi) is 6.39. The number of likely N-dealkylation sites (tertiary alicyclic amines) is 2. The van der Waals surface area contributed by atoms with E-state index < -0.39 is 5.41 Å². The van der Waals surface area contributed by atoms with E-state index in [1.54, 1.807) is 35.5 Å². The van der Waals surface area contributed by atoms with Crippen molar-refractivity contribution in [3.8, 4) is 0 Å². The van der Waals surface area contributed by atoms with Gasteiger partial charge in [-0.25, -0.2) is 4.39 Å². The Morgan fingerprint density at radius 1 is 1.08 bits per heavy atom. The number of hydrogen-bond donors (Lipinski definition) is 0. The number of halogens is 1. The molecule has 184 valence electrons. The molecule has 0 spiro atoms. The van der Waals surface area contributed by atoms with Crippen molar-refractivity contribution >= 4 is 17.7 Å². The lowest BCUT2D eigenvalue weighted by Gasteiger charge is -2.32. The van der Waals surface area contributed by atoms with E-state index in [9.17, 15) is 18.8 Å². The number of aromatic nitrogens is 1. The third-order valence-electron chi connectivity index (χ3n) is 7.41. The van der Waals surface area contributed by atoms with E-state index in [4.69, 9.17) is 0 Å².